The lowest BCUT2D eigenvalue weighted by molar-refractivity contribution is 0.304. The number of ether oxygens (including phenoxy) is 1. The van der Waals surface area contributed by atoms with Crippen molar-refractivity contribution in [3.05, 3.63) is 42.2 Å². The second-order valence-corrected chi connectivity index (χ2v) is 12.1. The Labute approximate surface area is 241 Å². The summed E-state index contributed by atoms with van der Waals surface area (Å²) in [5.41, 5.74) is 2.31. The number of nitrogens with zero attached hydrogens (tertiary/aromatic N) is 2. The molecule has 0 bridgehead atoms. The van der Waals surface area contributed by atoms with Crippen LogP contribution in [0.3, 0.4) is 0 Å². The molecule has 1 aliphatic carbocycles. The second kappa shape index (κ2) is 20.9. The van der Waals surface area contributed by atoms with Crippen LogP contribution < -0.4 is 4.74 Å². The zero-order valence-corrected chi connectivity index (χ0v) is 25.3. The van der Waals surface area contributed by atoms with E-state index >= 15 is 0 Å². The van der Waals surface area contributed by atoms with Crippen LogP contribution in [0, 0.1) is 5.92 Å². The lowest BCUT2D eigenvalue weighted by Crippen LogP contribution is -1.97. The fourth-order valence-corrected chi connectivity index (χ4v) is 5.52. The summed E-state index contributed by atoms with van der Waals surface area (Å²) in [5, 5.41) is 0. The molecule has 1 heterocycles. The van der Waals surface area contributed by atoms with E-state index in [4.69, 9.17) is 4.74 Å². The van der Waals surface area contributed by atoms with Gasteiger partial charge in [0.2, 0.25) is 0 Å². The molecule has 0 aliphatic heterocycles. The van der Waals surface area contributed by atoms with Gasteiger partial charge in [0.1, 0.15) is 5.75 Å². The van der Waals surface area contributed by atoms with Gasteiger partial charge in [-0.3, -0.25) is 0 Å². The van der Waals surface area contributed by atoms with Crippen LogP contribution in [0.4, 0.5) is 0 Å². The number of aryl methyl sites for hydroxylation is 1. The molecule has 0 radical (unpaired) electrons. The van der Waals surface area contributed by atoms with Gasteiger partial charge in [0, 0.05) is 18.0 Å². The van der Waals surface area contributed by atoms with Crippen molar-refractivity contribution >= 4 is 0 Å². The second-order valence-electron chi connectivity index (χ2n) is 12.1. The Bertz CT molecular complexity index is 828. The van der Waals surface area contributed by atoms with Gasteiger partial charge in [-0.2, -0.15) is 0 Å². The van der Waals surface area contributed by atoms with E-state index in [1.807, 2.05) is 12.4 Å². The van der Waals surface area contributed by atoms with Gasteiger partial charge in [-0.05, 0) is 55.0 Å². The maximum Gasteiger partial charge on any atom is 0.159 e. The van der Waals surface area contributed by atoms with Crippen molar-refractivity contribution in [3.63, 3.8) is 0 Å². The Hall–Kier alpha value is -1.90. The van der Waals surface area contributed by atoms with Gasteiger partial charge >= 0.3 is 0 Å². The fraction of sp³-hybridized carbons (Fsp3) is 0.722. The van der Waals surface area contributed by atoms with Crippen LogP contribution in [0.1, 0.15) is 154 Å². The minimum absolute atomic E-state index is 0.802. The lowest BCUT2D eigenvalue weighted by atomic mass is 10.0. The van der Waals surface area contributed by atoms with Crippen molar-refractivity contribution in [1.29, 1.82) is 0 Å². The molecule has 0 atom stereocenters. The Kier molecular flexibility index (Phi) is 17.0. The largest absolute Gasteiger partial charge is 0.494 e. The van der Waals surface area contributed by atoms with Gasteiger partial charge in [0.25, 0.3) is 0 Å². The molecule has 0 spiro atoms. The SMILES string of the molecule is CCCCCCCCCCCCc1cnc(-c2ccc(OCCCCCCCCCCCC3CC3)cc2)nc1. The number of hydrogen-bond acceptors (Lipinski definition) is 3. The maximum absolute atomic E-state index is 5.97. The number of unbranched alkanes of at least 4 members (excludes halogenated alkanes) is 17. The summed E-state index contributed by atoms with van der Waals surface area (Å²) in [6.07, 6.45) is 35.7. The summed E-state index contributed by atoms with van der Waals surface area (Å²) in [4.78, 5) is 9.26. The molecule has 3 nitrogen and oxygen atoms in total. The summed E-state index contributed by atoms with van der Waals surface area (Å²) >= 11 is 0. The predicted octanol–water partition coefficient (Wildman–Crippen LogP) is 11.3. The molecule has 1 aromatic heterocycles. The lowest BCUT2D eigenvalue weighted by Gasteiger charge is -2.08. The zero-order valence-electron chi connectivity index (χ0n) is 25.3. The average molecular weight is 535 g/mol. The Balaban J connectivity index is 1.16. The van der Waals surface area contributed by atoms with Crippen LogP contribution in [-0.4, -0.2) is 16.6 Å². The smallest absolute Gasteiger partial charge is 0.159 e. The number of rotatable bonds is 25. The van der Waals surface area contributed by atoms with E-state index in [1.165, 1.54) is 140 Å². The third-order valence-electron chi connectivity index (χ3n) is 8.36. The molecule has 3 heteroatoms. The number of hydrogen-bond donors (Lipinski definition) is 0. The van der Waals surface area contributed by atoms with Gasteiger partial charge in [-0.1, -0.05) is 135 Å². The van der Waals surface area contributed by atoms with Gasteiger partial charge in [0.05, 0.1) is 6.61 Å². The first-order valence-corrected chi connectivity index (χ1v) is 16.9. The quantitative estimate of drug-likeness (QED) is 0.119. The van der Waals surface area contributed by atoms with Crippen molar-refractivity contribution in [2.24, 2.45) is 5.92 Å². The first kappa shape index (κ1) is 31.6. The molecular formula is C36H58N2O. The molecule has 1 fully saturated rings. The first-order chi connectivity index (χ1) is 19.3. The summed E-state index contributed by atoms with van der Waals surface area (Å²) in [6, 6.07) is 8.27. The predicted molar refractivity (Wildman–Crippen MR) is 167 cm³/mol. The highest BCUT2D eigenvalue weighted by Crippen LogP contribution is 2.34. The molecule has 2 aromatic rings. The van der Waals surface area contributed by atoms with Crippen molar-refractivity contribution in [2.45, 2.75) is 155 Å². The fourth-order valence-electron chi connectivity index (χ4n) is 5.52. The van der Waals surface area contributed by atoms with Gasteiger partial charge < -0.3 is 4.74 Å². The van der Waals surface area contributed by atoms with Crippen molar-refractivity contribution in [3.8, 4) is 17.1 Å². The van der Waals surface area contributed by atoms with Gasteiger partial charge in [-0.25, -0.2) is 9.97 Å². The van der Waals surface area contributed by atoms with E-state index in [2.05, 4.69) is 41.2 Å². The van der Waals surface area contributed by atoms with E-state index in [0.29, 0.717) is 0 Å². The molecule has 1 aliphatic rings. The summed E-state index contributed by atoms with van der Waals surface area (Å²) < 4.78 is 5.97. The zero-order chi connectivity index (χ0) is 27.2. The molecular weight excluding hydrogens is 476 g/mol. The van der Waals surface area contributed by atoms with Crippen molar-refractivity contribution in [2.75, 3.05) is 6.61 Å². The third-order valence-corrected chi connectivity index (χ3v) is 8.36. The monoisotopic (exact) mass is 534 g/mol. The summed E-state index contributed by atoms with van der Waals surface area (Å²) in [5.74, 6) is 2.86. The highest BCUT2D eigenvalue weighted by molar-refractivity contribution is 5.55. The highest BCUT2D eigenvalue weighted by atomic mass is 16.5. The van der Waals surface area contributed by atoms with Crippen LogP contribution in [0.5, 0.6) is 5.75 Å². The van der Waals surface area contributed by atoms with Gasteiger partial charge in [0.15, 0.2) is 5.82 Å². The van der Waals surface area contributed by atoms with E-state index in [1.54, 1.807) is 0 Å². The molecule has 1 saturated carbocycles. The molecule has 1 aromatic carbocycles. The van der Waals surface area contributed by atoms with Crippen LogP contribution in [0.25, 0.3) is 11.4 Å². The average Bonchev–Trinajstić information content (AvgIpc) is 3.80. The first-order valence-electron chi connectivity index (χ1n) is 16.9. The Morgan fingerprint density at radius 2 is 1.13 bits per heavy atom. The molecule has 218 valence electrons. The number of benzene rings is 1. The van der Waals surface area contributed by atoms with E-state index < -0.39 is 0 Å². The highest BCUT2D eigenvalue weighted by Gasteiger charge is 2.19. The molecule has 0 saturated heterocycles. The summed E-state index contributed by atoms with van der Waals surface area (Å²) in [6.45, 7) is 3.09. The van der Waals surface area contributed by atoms with Crippen LogP contribution in [-0.2, 0) is 6.42 Å². The van der Waals surface area contributed by atoms with Gasteiger partial charge in [-0.15, -0.1) is 0 Å². The van der Waals surface area contributed by atoms with E-state index in [9.17, 15) is 0 Å². The molecule has 3 rings (SSSR count). The summed E-state index contributed by atoms with van der Waals surface area (Å²) in [7, 11) is 0. The van der Waals surface area contributed by atoms with Crippen molar-refractivity contribution in [1.82, 2.24) is 9.97 Å². The molecule has 0 N–H and O–H groups in total. The van der Waals surface area contributed by atoms with Crippen LogP contribution in [0.15, 0.2) is 36.7 Å². The normalized spacial score (nSPS) is 13.2. The number of aromatic nitrogens is 2. The van der Waals surface area contributed by atoms with Crippen molar-refractivity contribution < 1.29 is 4.74 Å². The Morgan fingerprint density at radius 1 is 0.615 bits per heavy atom. The third kappa shape index (κ3) is 15.5. The molecule has 0 unspecified atom stereocenters. The van der Waals surface area contributed by atoms with E-state index in [0.717, 1.165) is 42.5 Å². The van der Waals surface area contributed by atoms with Crippen LogP contribution >= 0.6 is 0 Å². The van der Waals surface area contributed by atoms with E-state index in [-0.39, 0.29) is 0 Å². The molecule has 0 amide bonds. The van der Waals surface area contributed by atoms with Crippen LogP contribution in [0.2, 0.25) is 0 Å². The topological polar surface area (TPSA) is 35.0 Å². The minimum Gasteiger partial charge on any atom is -0.494 e. The molecule has 39 heavy (non-hydrogen) atoms. The minimum atomic E-state index is 0.802. The standard InChI is InChI=1S/C36H58N2O/c1-2-3-4-5-6-7-9-13-16-19-22-33-30-37-36(38-31-33)34-25-27-35(28-26-34)39-29-20-17-14-11-8-10-12-15-18-21-32-23-24-32/h25-28,30-32H,2-24,29H2,1H3. The maximum atomic E-state index is 5.97. The Morgan fingerprint density at radius 3 is 1.69 bits per heavy atom.